The second kappa shape index (κ2) is 8.54. The third-order valence-electron chi connectivity index (χ3n) is 3.38. The first-order valence-corrected chi connectivity index (χ1v) is 8.56. The number of thioether (sulfide) groups is 1. The minimum Gasteiger partial charge on any atom is -0.494 e. The summed E-state index contributed by atoms with van der Waals surface area (Å²) in [7, 11) is 1.57. The van der Waals surface area contributed by atoms with E-state index in [0.29, 0.717) is 29.7 Å². The maximum absolute atomic E-state index is 12.6. The van der Waals surface area contributed by atoms with Gasteiger partial charge in [-0.2, -0.15) is 0 Å². The van der Waals surface area contributed by atoms with Crippen molar-refractivity contribution < 1.29 is 14.3 Å². The Morgan fingerprint density at radius 3 is 2.92 bits per heavy atom. The van der Waals surface area contributed by atoms with E-state index >= 15 is 0 Å². The number of amides is 2. The fourth-order valence-corrected chi connectivity index (χ4v) is 3.45. The molecule has 0 radical (unpaired) electrons. The van der Waals surface area contributed by atoms with Gasteiger partial charge in [-0.15, -0.1) is 6.58 Å². The monoisotopic (exact) mass is 347 g/mol. The molecule has 7 heteroatoms. The molecule has 0 aliphatic carbocycles. The van der Waals surface area contributed by atoms with Gasteiger partial charge in [0, 0.05) is 19.5 Å². The van der Waals surface area contributed by atoms with E-state index in [-0.39, 0.29) is 18.2 Å². The number of ether oxygens (including phenoxy) is 1. The molecule has 1 fully saturated rings. The molecule has 2 rings (SSSR count). The summed E-state index contributed by atoms with van der Waals surface area (Å²) in [5.41, 5.74) is 0.642. The topological polar surface area (TPSA) is 71.0 Å². The van der Waals surface area contributed by atoms with Crippen molar-refractivity contribution in [3.63, 3.8) is 0 Å². The summed E-state index contributed by atoms with van der Waals surface area (Å²) in [4.78, 5) is 30.5. The molecule has 0 unspecified atom stereocenters. The van der Waals surface area contributed by atoms with E-state index in [4.69, 9.17) is 4.74 Å². The van der Waals surface area contributed by atoms with Crippen LogP contribution in [0.25, 0.3) is 0 Å². The second-order valence-electron chi connectivity index (χ2n) is 5.07. The van der Waals surface area contributed by atoms with Gasteiger partial charge in [0.25, 0.3) is 0 Å². The Kier molecular flexibility index (Phi) is 6.43. The lowest BCUT2D eigenvalue weighted by molar-refractivity contribution is -0.129. The lowest BCUT2D eigenvalue weighted by Gasteiger charge is -2.14. The highest BCUT2D eigenvalue weighted by atomic mass is 32.2. The zero-order valence-electron chi connectivity index (χ0n) is 13.8. The summed E-state index contributed by atoms with van der Waals surface area (Å²) in [6.07, 6.45) is 1.78. The summed E-state index contributed by atoms with van der Waals surface area (Å²) in [6, 6.07) is 7.34. The van der Waals surface area contributed by atoms with E-state index in [1.54, 1.807) is 18.1 Å². The van der Waals surface area contributed by atoms with Crippen LogP contribution in [0.1, 0.15) is 13.3 Å². The summed E-state index contributed by atoms with van der Waals surface area (Å²) < 4.78 is 5.30. The minimum absolute atomic E-state index is 0.125. The van der Waals surface area contributed by atoms with E-state index in [1.165, 1.54) is 11.8 Å². The molecule has 1 atom stereocenters. The molecular formula is C17H21N3O3S. The second-order valence-corrected chi connectivity index (χ2v) is 6.24. The van der Waals surface area contributed by atoms with Crippen LogP contribution in [0.2, 0.25) is 0 Å². The average Bonchev–Trinajstić information content (AvgIpc) is 2.85. The van der Waals surface area contributed by atoms with E-state index < -0.39 is 5.25 Å². The van der Waals surface area contributed by atoms with Crippen LogP contribution < -0.4 is 10.1 Å². The fourth-order valence-electron chi connectivity index (χ4n) is 2.29. The molecule has 1 N–H and O–H groups in total. The standard InChI is InChI=1S/C17H21N3O3S/c1-4-10-20-16(22)14(11-15(21)18-5-2)24-17(20)19-12-8-6-7-9-13(12)23-3/h4,6-9,14H,1,5,10-11H2,2-3H3,(H,18,21)/t14-/m1/s1. The largest absolute Gasteiger partial charge is 0.494 e. The highest BCUT2D eigenvalue weighted by Crippen LogP contribution is 2.34. The third kappa shape index (κ3) is 4.17. The number of rotatable bonds is 7. The van der Waals surface area contributed by atoms with Crippen molar-refractivity contribution >= 4 is 34.4 Å². The number of nitrogens with zero attached hydrogens (tertiary/aromatic N) is 2. The van der Waals surface area contributed by atoms with Crippen LogP contribution in [0.4, 0.5) is 5.69 Å². The Morgan fingerprint density at radius 1 is 1.50 bits per heavy atom. The Hall–Kier alpha value is -2.28. The molecule has 128 valence electrons. The number of hydrogen-bond donors (Lipinski definition) is 1. The summed E-state index contributed by atoms with van der Waals surface area (Å²) >= 11 is 1.30. The van der Waals surface area contributed by atoms with Crippen LogP contribution in [-0.4, -0.2) is 47.3 Å². The van der Waals surface area contributed by atoms with Gasteiger partial charge in [0.1, 0.15) is 16.7 Å². The lowest BCUT2D eigenvalue weighted by atomic mass is 10.2. The van der Waals surface area contributed by atoms with Crippen LogP contribution in [0.15, 0.2) is 41.9 Å². The molecule has 2 amide bonds. The van der Waals surface area contributed by atoms with Gasteiger partial charge in [-0.1, -0.05) is 30.0 Å². The number of nitrogens with one attached hydrogen (secondary N) is 1. The van der Waals surface area contributed by atoms with Crippen molar-refractivity contribution in [2.45, 2.75) is 18.6 Å². The lowest BCUT2D eigenvalue weighted by Crippen LogP contribution is -2.34. The van der Waals surface area contributed by atoms with Crippen LogP contribution >= 0.6 is 11.8 Å². The first-order chi connectivity index (χ1) is 11.6. The van der Waals surface area contributed by atoms with Crippen molar-refractivity contribution in [1.82, 2.24) is 10.2 Å². The SMILES string of the molecule is C=CCN1C(=O)[C@@H](CC(=O)NCC)SC1=Nc1ccccc1OC. The van der Waals surface area contributed by atoms with Gasteiger partial charge in [-0.05, 0) is 19.1 Å². The predicted octanol–water partition coefficient (Wildman–Crippen LogP) is 2.34. The molecule has 0 saturated carbocycles. The van der Waals surface area contributed by atoms with Crippen LogP contribution in [0.3, 0.4) is 0 Å². The number of amidine groups is 1. The highest BCUT2D eigenvalue weighted by Gasteiger charge is 2.38. The van der Waals surface area contributed by atoms with Gasteiger partial charge in [0.05, 0.1) is 7.11 Å². The van der Waals surface area contributed by atoms with Gasteiger partial charge in [-0.25, -0.2) is 4.99 Å². The molecule has 0 aromatic heterocycles. The number of carbonyl (C=O) groups excluding carboxylic acids is 2. The van der Waals surface area contributed by atoms with Gasteiger partial charge in [0.2, 0.25) is 11.8 Å². The van der Waals surface area contributed by atoms with E-state index in [1.807, 2.05) is 31.2 Å². The Morgan fingerprint density at radius 2 is 2.25 bits per heavy atom. The van der Waals surface area contributed by atoms with Crippen LogP contribution in [0.5, 0.6) is 5.75 Å². The van der Waals surface area contributed by atoms with Gasteiger partial charge < -0.3 is 10.1 Å². The quantitative estimate of drug-likeness (QED) is 0.769. The fraction of sp³-hybridized carbons (Fsp3) is 0.353. The molecule has 1 saturated heterocycles. The Bertz CT molecular complexity index is 660. The molecule has 1 aliphatic rings. The molecule has 1 aromatic rings. The van der Waals surface area contributed by atoms with E-state index in [2.05, 4.69) is 16.9 Å². The van der Waals surface area contributed by atoms with Crippen molar-refractivity contribution in [2.24, 2.45) is 4.99 Å². The number of carbonyl (C=O) groups is 2. The summed E-state index contributed by atoms with van der Waals surface area (Å²) in [5, 5.41) is 2.81. The molecule has 0 bridgehead atoms. The number of para-hydroxylation sites is 2. The molecule has 24 heavy (non-hydrogen) atoms. The maximum atomic E-state index is 12.6. The van der Waals surface area contributed by atoms with Gasteiger partial charge >= 0.3 is 0 Å². The number of methoxy groups -OCH3 is 1. The van der Waals surface area contributed by atoms with Crippen molar-refractivity contribution in [3.05, 3.63) is 36.9 Å². The highest BCUT2D eigenvalue weighted by molar-refractivity contribution is 8.15. The molecule has 1 heterocycles. The van der Waals surface area contributed by atoms with Crippen LogP contribution in [-0.2, 0) is 9.59 Å². The van der Waals surface area contributed by atoms with Crippen LogP contribution in [0, 0.1) is 0 Å². The van der Waals surface area contributed by atoms with Gasteiger partial charge in [0.15, 0.2) is 5.17 Å². The van der Waals surface area contributed by atoms with Crippen molar-refractivity contribution in [2.75, 3.05) is 20.2 Å². The van der Waals surface area contributed by atoms with E-state index in [9.17, 15) is 9.59 Å². The minimum atomic E-state index is -0.468. The summed E-state index contributed by atoms with van der Waals surface area (Å²) in [6.45, 7) is 6.43. The summed E-state index contributed by atoms with van der Waals surface area (Å²) in [5.74, 6) is 0.365. The zero-order chi connectivity index (χ0) is 17.5. The number of aliphatic imine (C=N–C) groups is 1. The van der Waals surface area contributed by atoms with Gasteiger partial charge in [-0.3, -0.25) is 14.5 Å². The molecule has 6 nitrogen and oxygen atoms in total. The Labute approximate surface area is 146 Å². The average molecular weight is 347 g/mol. The molecule has 1 aliphatic heterocycles. The molecule has 1 aromatic carbocycles. The Balaban J connectivity index is 2.27. The van der Waals surface area contributed by atoms with Crippen molar-refractivity contribution in [1.29, 1.82) is 0 Å². The first-order valence-electron chi connectivity index (χ1n) is 7.68. The number of hydrogen-bond acceptors (Lipinski definition) is 5. The third-order valence-corrected chi connectivity index (χ3v) is 4.55. The zero-order valence-corrected chi connectivity index (χ0v) is 14.6. The number of benzene rings is 1. The smallest absolute Gasteiger partial charge is 0.242 e. The van der Waals surface area contributed by atoms with E-state index in [0.717, 1.165) is 0 Å². The van der Waals surface area contributed by atoms with Crippen molar-refractivity contribution in [3.8, 4) is 5.75 Å². The molecular weight excluding hydrogens is 326 g/mol. The predicted molar refractivity (Wildman–Crippen MR) is 96.7 cm³/mol. The molecule has 0 spiro atoms. The maximum Gasteiger partial charge on any atom is 0.242 e. The first kappa shape index (κ1) is 18.1. The normalized spacial score (nSPS) is 18.8.